The van der Waals surface area contributed by atoms with Crippen LogP contribution in [0.4, 0.5) is 0 Å². The molecule has 0 saturated heterocycles. The zero-order valence-corrected chi connectivity index (χ0v) is 14.9. The molecule has 3 aromatic rings. The van der Waals surface area contributed by atoms with Gasteiger partial charge in [-0.2, -0.15) is 0 Å². The number of hydrogen-bond donors (Lipinski definition) is 1. The number of hydrogen-bond acceptors (Lipinski definition) is 7. The predicted octanol–water partition coefficient (Wildman–Crippen LogP) is 2.13. The van der Waals surface area contributed by atoms with Gasteiger partial charge in [-0.1, -0.05) is 11.8 Å². The van der Waals surface area contributed by atoms with Crippen molar-refractivity contribution >= 4 is 23.6 Å². The lowest BCUT2D eigenvalue weighted by Crippen LogP contribution is -2.32. The minimum atomic E-state index is -0.451. The number of nitrogens with one attached hydrogen (secondary N) is 1. The van der Waals surface area contributed by atoms with E-state index in [1.165, 1.54) is 0 Å². The summed E-state index contributed by atoms with van der Waals surface area (Å²) in [6.07, 6.45) is 1.73. The Balaban J connectivity index is 1.55. The molecule has 0 unspecified atom stereocenters. The highest BCUT2D eigenvalue weighted by Crippen LogP contribution is 2.24. The molecule has 2 amide bonds. The number of nitrogens with zero attached hydrogens (tertiary/aromatic N) is 3. The average molecular weight is 372 g/mol. The molecule has 0 radical (unpaired) electrons. The first kappa shape index (κ1) is 17.7. The van der Waals surface area contributed by atoms with Crippen LogP contribution in [0.3, 0.4) is 0 Å². The molecule has 26 heavy (non-hydrogen) atoms. The maximum absolute atomic E-state index is 12.0. The van der Waals surface area contributed by atoms with Gasteiger partial charge >= 0.3 is 0 Å². The highest BCUT2D eigenvalue weighted by Gasteiger charge is 2.15. The highest BCUT2D eigenvalue weighted by atomic mass is 32.2. The number of aryl methyl sites for hydroxylation is 1. The van der Waals surface area contributed by atoms with Crippen molar-refractivity contribution in [2.75, 3.05) is 12.9 Å². The SMILES string of the molecule is COc1ccc(-c2nnc(SCC(=O)NC(=O)c3cccn3C)o2)cc1. The lowest BCUT2D eigenvalue weighted by molar-refractivity contribution is -0.117. The zero-order chi connectivity index (χ0) is 18.5. The summed E-state index contributed by atoms with van der Waals surface area (Å²) < 4.78 is 12.3. The van der Waals surface area contributed by atoms with Gasteiger partial charge < -0.3 is 13.7 Å². The van der Waals surface area contributed by atoms with Crippen molar-refractivity contribution in [2.24, 2.45) is 7.05 Å². The van der Waals surface area contributed by atoms with Gasteiger partial charge in [0.1, 0.15) is 11.4 Å². The first-order valence-corrected chi connectivity index (χ1v) is 8.61. The van der Waals surface area contributed by atoms with Crippen LogP contribution in [-0.2, 0) is 11.8 Å². The van der Waals surface area contributed by atoms with Crippen LogP contribution in [0.1, 0.15) is 10.5 Å². The number of benzene rings is 1. The van der Waals surface area contributed by atoms with Crippen molar-refractivity contribution in [3.8, 4) is 17.2 Å². The Morgan fingerprint density at radius 3 is 2.65 bits per heavy atom. The summed E-state index contributed by atoms with van der Waals surface area (Å²) in [6, 6.07) is 10.5. The molecule has 2 aromatic heterocycles. The number of carbonyl (C=O) groups excluding carboxylic acids is 2. The third kappa shape index (κ3) is 4.12. The second-order valence-electron chi connectivity index (χ2n) is 5.27. The number of rotatable bonds is 6. The van der Waals surface area contributed by atoms with Gasteiger partial charge in [0, 0.05) is 18.8 Å². The number of methoxy groups -OCH3 is 1. The first-order valence-electron chi connectivity index (χ1n) is 7.63. The molecule has 0 aliphatic heterocycles. The molecule has 0 atom stereocenters. The molecule has 0 aliphatic rings. The molecule has 134 valence electrons. The summed E-state index contributed by atoms with van der Waals surface area (Å²) in [5.41, 5.74) is 1.15. The Bertz CT molecular complexity index is 917. The summed E-state index contributed by atoms with van der Waals surface area (Å²) in [7, 11) is 3.32. The Morgan fingerprint density at radius 2 is 2.00 bits per heavy atom. The molecule has 1 aromatic carbocycles. The van der Waals surface area contributed by atoms with E-state index < -0.39 is 11.8 Å². The molecule has 0 spiro atoms. The smallest absolute Gasteiger partial charge is 0.277 e. The Labute approximate surface area is 153 Å². The Hall–Kier alpha value is -3.07. The van der Waals surface area contributed by atoms with Crippen LogP contribution in [0.2, 0.25) is 0 Å². The lowest BCUT2D eigenvalue weighted by Gasteiger charge is -2.03. The second kappa shape index (κ2) is 7.87. The van der Waals surface area contributed by atoms with Crippen LogP contribution in [0.15, 0.2) is 52.2 Å². The van der Waals surface area contributed by atoms with Crippen molar-refractivity contribution in [1.82, 2.24) is 20.1 Å². The van der Waals surface area contributed by atoms with Crippen molar-refractivity contribution in [1.29, 1.82) is 0 Å². The monoisotopic (exact) mass is 372 g/mol. The number of aromatic nitrogens is 3. The van der Waals surface area contributed by atoms with E-state index in [2.05, 4.69) is 15.5 Å². The molecular weight excluding hydrogens is 356 g/mol. The summed E-state index contributed by atoms with van der Waals surface area (Å²) in [6.45, 7) is 0. The van der Waals surface area contributed by atoms with Crippen LogP contribution < -0.4 is 10.1 Å². The van der Waals surface area contributed by atoms with E-state index in [4.69, 9.17) is 9.15 Å². The molecule has 0 fully saturated rings. The van der Waals surface area contributed by atoms with E-state index in [0.717, 1.165) is 23.1 Å². The normalized spacial score (nSPS) is 10.5. The highest BCUT2D eigenvalue weighted by molar-refractivity contribution is 7.99. The van der Waals surface area contributed by atoms with Crippen molar-refractivity contribution in [3.05, 3.63) is 48.3 Å². The van der Waals surface area contributed by atoms with Gasteiger partial charge in [-0.15, -0.1) is 10.2 Å². The lowest BCUT2D eigenvalue weighted by atomic mass is 10.2. The Morgan fingerprint density at radius 1 is 1.23 bits per heavy atom. The number of thioether (sulfide) groups is 1. The number of amides is 2. The van der Waals surface area contributed by atoms with Crippen molar-refractivity contribution < 1.29 is 18.7 Å². The number of carbonyl (C=O) groups is 2. The fourth-order valence-electron chi connectivity index (χ4n) is 2.17. The van der Waals surface area contributed by atoms with E-state index in [0.29, 0.717) is 11.6 Å². The standard InChI is InChI=1S/C17H16N4O4S/c1-21-9-3-4-13(21)15(23)18-14(22)10-26-17-20-19-16(25-17)11-5-7-12(24-2)8-6-11/h3-9H,10H2,1-2H3,(H,18,22,23). The van der Waals surface area contributed by atoms with Gasteiger partial charge in [0.2, 0.25) is 11.8 Å². The first-order chi connectivity index (χ1) is 12.6. The van der Waals surface area contributed by atoms with Crippen LogP contribution in [0, 0.1) is 0 Å². The van der Waals surface area contributed by atoms with E-state index in [9.17, 15) is 9.59 Å². The summed E-state index contributed by atoms with van der Waals surface area (Å²) in [4.78, 5) is 23.9. The van der Waals surface area contributed by atoms with Crippen LogP contribution in [0.25, 0.3) is 11.5 Å². The minimum absolute atomic E-state index is 0.0135. The molecule has 3 rings (SSSR count). The topological polar surface area (TPSA) is 99.3 Å². The van der Waals surface area contributed by atoms with Crippen LogP contribution in [-0.4, -0.2) is 39.4 Å². The van der Waals surface area contributed by atoms with E-state index in [1.54, 1.807) is 61.3 Å². The fourth-order valence-corrected chi connectivity index (χ4v) is 2.73. The fraction of sp³-hybridized carbons (Fsp3) is 0.176. The largest absolute Gasteiger partial charge is 0.497 e. The van der Waals surface area contributed by atoms with Gasteiger partial charge in [-0.3, -0.25) is 14.9 Å². The van der Waals surface area contributed by atoms with Gasteiger partial charge in [0.25, 0.3) is 11.1 Å². The molecule has 8 nitrogen and oxygen atoms in total. The molecular formula is C17H16N4O4S. The predicted molar refractivity (Wildman–Crippen MR) is 94.9 cm³/mol. The molecule has 9 heteroatoms. The quantitative estimate of drug-likeness (QED) is 0.662. The third-order valence-electron chi connectivity index (χ3n) is 3.50. The summed E-state index contributed by atoms with van der Waals surface area (Å²) in [5, 5.41) is 10.4. The molecule has 2 heterocycles. The number of imide groups is 1. The molecule has 0 saturated carbocycles. The molecule has 0 bridgehead atoms. The summed E-state index contributed by atoms with van der Waals surface area (Å²) >= 11 is 1.06. The minimum Gasteiger partial charge on any atom is -0.497 e. The van der Waals surface area contributed by atoms with Gasteiger partial charge in [-0.25, -0.2) is 0 Å². The van der Waals surface area contributed by atoms with Crippen molar-refractivity contribution in [2.45, 2.75) is 5.22 Å². The van der Waals surface area contributed by atoms with Crippen LogP contribution in [0.5, 0.6) is 5.75 Å². The van der Waals surface area contributed by atoms with Crippen LogP contribution >= 0.6 is 11.8 Å². The van der Waals surface area contributed by atoms with E-state index in [1.807, 2.05) is 0 Å². The van der Waals surface area contributed by atoms with Gasteiger partial charge in [-0.05, 0) is 36.4 Å². The number of ether oxygens (including phenoxy) is 1. The van der Waals surface area contributed by atoms with Gasteiger partial charge in [0.15, 0.2) is 0 Å². The third-order valence-corrected chi connectivity index (χ3v) is 4.32. The van der Waals surface area contributed by atoms with Gasteiger partial charge in [0.05, 0.1) is 12.9 Å². The molecule has 0 aliphatic carbocycles. The van der Waals surface area contributed by atoms with E-state index >= 15 is 0 Å². The zero-order valence-electron chi connectivity index (χ0n) is 14.1. The maximum Gasteiger partial charge on any atom is 0.277 e. The summed E-state index contributed by atoms with van der Waals surface area (Å²) in [5.74, 6) is 0.163. The Kier molecular flexibility index (Phi) is 5.37. The second-order valence-corrected chi connectivity index (χ2v) is 6.20. The molecule has 1 N–H and O–H groups in total. The maximum atomic E-state index is 12.0. The van der Waals surface area contributed by atoms with Crippen molar-refractivity contribution in [3.63, 3.8) is 0 Å². The average Bonchev–Trinajstić information content (AvgIpc) is 3.29. The van der Waals surface area contributed by atoms with E-state index in [-0.39, 0.29) is 11.0 Å².